The van der Waals surface area contributed by atoms with Crippen LogP contribution in [0.15, 0.2) is 0 Å². The van der Waals surface area contributed by atoms with E-state index in [-0.39, 0.29) is 30.0 Å². The third kappa shape index (κ3) is 5.02. The minimum absolute atomic E-state index is 0.0277. The van der Waals surface area contributed by atoms with Crippen LogP contribution in [0.25, 0.3) is 0 Å². The lowest BCUT2D eigenvalue weighted by atomic mass is 10.2. The van der Waals surface area contributed by atoms with E-state index in [2.05, 4.69) is 14.7 Å². The van der Waals surface area contributed by atoms with Gasteiger partial charge in [-0.25, -0.2) is 4.98 Å². The summed E-state index contributed by atoms with van der Waals surface area (Å²) in [6.07, 6.45) is 0. The summed E-state index contributed by atoms with van der Waals surface area (Å²) in [5, 5.41) is 3.39. The zero-order valence-electron chi connectivity index (χ0n) is 8.84. The van der Waals surface area contributed by atoms with Crippen molar-refractivity contribution in [2.75, 3.05) is 17.6 Å². The molecule has 8 heteroatoms. The van der Waals surface area contributed by atoms with Crippen molar-refractivity contribution in [3.05, 3.63) is 5.82 Å². The molecule has 1 rings (SSSR count). The molecule has 0 fully saturated rings. The zero-order valence-corrected chi connectivity index (χ0v) is 10.5. The molecule has 0 aromatic carbocycles. The van der Waals surface area contributed by atoms with Crippen molar-refractivity contribution in [3.8, 4) is 0 Å². The summed E-state index contributed by atoms with van der Waals surface area (Å²) in [5.41, 5.74) is -4.16. The number of rotatable bonds is 5. The van der Waals surface area contributed by atoms with Gasteiger partial charge in [0.05, 0.1) is 0 Å². The molecule has 0 aliphatic heterocycles. The maximum absolute atomic E-state index is 11.8. The van der Waals surface area contributed by atoms with E-state index in [4.69, 9.17) is 0 Å². The monoisotopic (exact) mass is 271 g/mol. The van der Waals surface area contributed by atoms with Crippen molar-refractivity contribution < 1.29 is 13.2 Å². The van der Waals surface area contributed by atoms with Crippen LogP contribution in [0.2, 0.25) is 0 Å². The number of anilines is 1. The summed E-state index contributed by atoms with van der Waals surface area (Å²) in [7, 11) is 0. The SMILES string of the molecule is CC(C)c1nsc(NCCSC(F)(F)F)n1. The van der Waals surface area contributed by atoms with E-state index in [1.54, 1.807) is 0 Å². The second-order valence-corrected chi connectivity index (χ2v) is 5.25. The van der Waals surface area contributed by atoms with Crippen LogP contribution in [0.5, 0.6) is 0 Å². The Balaban J connectivity index is 2.27. The van der Waals surface area contributed by atoms with Crippen LogP contribution in [-0.2, 0) is 0 Å². The van der Waals surface area contributed by atoms with Gasteiger partial charge in [-0.15, -0.1) is 0 Å². The van der Waals surface area contributed by atoms with E-state index in [9.17, 15) is 13.2 Å². The molecule has 0 amide bonds. The topological polar surface area (TPSA) is 37.8 Å². The van der Waals surface area contributed by atoms with Gasteiger partial charge in [0.15, 0.2) is 0 Å². The minimum Gasteiger partial charge on any atom is -0.359 e. The first-order valence-electron chi connectivity index (χ1n) is 4.66. The van der Waals surface area contributed by atoms with E-state index in [0.29, 0.717) is 5.13 Å². The molecule has 0 bridgehead atoms. The molecule has 0 atom stereocenters. The number of hydrogen-bond donors (Lipinski definition) is 1. The lowest BCUT2D eigenvalue weighted by molar-refractivity contribution is -0.0327. The fourth-order valence-electron chi connectivity index (χ4n) is 0.866. The second kappa shape index (κ2) is 5.72. The Kier molecular flexibility index (Phi) is 4.85. The first-order chi connectivity index (χ1) is 7.38. The average molecular weight is 271 g/mol. The van der Waals surface area contributed by atoms with Crippen LogP contribution in [0, 0.1) is 0 Å². The fraction of sp³-hybridized carbons (Fsp3) is 0.750. The number of nitrogens with zero attached hydrogens (tertiary/aromatic N) is 2. The van der Waals surface area contributed by atoms with Gasteiger partial charge in [-0.3, -0.25) is 0 Å². The molecule has 16 heavy (non-hydrogen) atoms. The third-order valence-corrected chi connectivity index (χ3v) is 3.02. The van der Waals surface area contributed by atoms with Gasteiger partial charge in [0.2, 0.25) is 5.13 Å². The largest absolute Gasteiger partial charge is 0.441 e. The second-order valence-electron chi connectivity index (χ2n) is 3.33. The molecule has 3 nitrogen and oxygen atoms in total. The number of thioether (sulfide) groups is 1. The highest BCUT2D eigenvalue weighted by molar-refractivity contribution is 8.00. The van der Waals surface area contributed by atoms with Crippen LogP contribution >= 0.6 is 23.3 Å². The third-order valence-electron chi connectivity index (χ3n) is 1.60. The summed E-state index contributed by atoms with van der Waals surface area (Å²) < 4.78 is 39.5. The van der Waals surface area contributed by atoms with Gasteiger partial charge in [-0.2, -0.15) is 17.5 Å². The Hall–Kier alpha value is -0.500. The first-order valence-corrected chi connectivity index (χ1v) is 6.42. The lowest BCUT2D eigenvalue weighted by Crippen LogP contribution is -2.09. The van der Waals surface area contributed by atoms with Gasteiger partial charge < -0.3 is 5.32 Å². The van der Waals surface area contributed by atoms with Crippen LogP contribution < -0.4 is 5.32 Å². The Morgan fingerprint density at radius 3 is 2.62 bits per heavy atom. The average Bonchev–Trinajstić information content (AvgIpc) is 2.59. The molecule has 0 aliphatic carbocycles. The molecule has 0 saturated carbocycles. The van der Waals surface area contributed by atoms with Gasteiger partial charge in [0.25, 0.3) is 0 Å². The van der Waals surface area contributed by atoms with Crippen LogP contribution in [0.3, 0.4) is 0 Å². The smallest absolute Gasteiger partial charge is 0.359 e. The predicted molar refractivity (Wildman–Crippen MR) is 61.0 cm³/mol. The molecular formula is C8H12F3N3S2. The summed E-state index contributed by atoms with van der Waals surface area (Å²) in [5.74, 6) is 0.924. The molecule has 0 aliphatic rings. The zero-order chi connectivity index (χ0) is 12.2. The van der Waals surface area contributed by atoms with Gasteiger partial charge in [-0.05, 0) is 11.8 Å². The van der Waals surface area contributed by atoms with Crippen molar-refractivity contribution in [2.45, 2.75) is 25.3 Å². The Labute approximate surface area is 100 Å². The molecule has 0 saturated heterocycles. The Bertz CT molecular complexity index is 325. The molecule has 1 aromatic rings. The standard InChI is InChI=1S/C8H12F3N3S2/c1-5(2)6-13-7(16-14-6)12-3-4-15-8(9,10)11/h5H,3-4H2,1-2H3,(H,12,13,14). The Morgan fingerprint density at radius 1 is 1.44 bits per heavy atom. The van der Waals surface area contributed by atoms with Gasteiger partial charge in [-0.1, -0.05) is 13.8 Å². The van der Waals surface area contributed by atoms with Crippen molar-refractivity contribution in [1.82, 2.24) is 9.36 Å². The van der Waals surface area contributed by atoms with Crippen molar-refractivity contribution in [3.63, 3.8) is 0 Å². The fourth-order valence-corrected chi connectivity index (χ4v) is 2.03. The molecule has 1 N–H and O–H groups in total. The number of aromatic nitrogens is 2. The normalized spacial score (nSPS) is 12.1. The maximum atomic E-state index is 11.8. The Morgan fingerprint density at radius 2 is 2.12 bits per heavy atom. The van der Waals surface area contributed by atoms with Crippen LogP contribution in [0.4, 0.5) is 18.3 Å². The number of halogens is 3. The molecule has 0 spiro atoms. The summed E-state index contributed by atoms with van der Waals surface area (Å²) in [6.45, 7) is 4.16. The summed E-state index contributed by atoms with van der Waals surface area (Å²) in [6, 6.07) is 0. The minimum atomic E-state index is -4.16. The molecule has 1 aromatic heterocycles. The van der Waals surface area contributed by atoms with E-state index >= 15 is 0 Å². The van der Waals surface area contributed by atoms with E-state index in [1.807, 2.05) is 13.8 Å². The van der Waals surface area contributed by atoms with Crippen molar-refractivity contribution in [2.24, 2.45) is 0 Å². The highest BCUT2D eigenvalue weighted by Gasteiger charge is 2.27. The highest BCUT2D eigenvalue weighted by atomic mass is 32.2. The van der Waals surface area contributed by atoms with E-state index in [0.717, 1.165) is 5.82 Å². The number of hydrogen-bond acceptors (Lipinski definition) is 5. The van der Waals surface area contributed by atoms with Crippen LogP contribution in [0.1, 0.15) is 25.6 Å². The molecule has 0 unspecified atom stereocenters. The van der Waals surface area contributed by atoms with Crippen LogP contribution in [-0.4, -0.2) is 27.2 Å². The van der Waals surface area contributed by atoms with Gasteiger partial charge in [0.1, 0.15) is 5.82 Å². The van der Waals surface area contributed by atoms with Crippen molar-refractivity contribution in [1.29, 1.82) is 0 Å². The molecule has 0 radical (unpaired) electrons. The van der Waals surface area contributed by atoms with E-state index in [1.165, 1.54) is 11.5 Å². The van der Waals surface area contributed by atoms with Gasteiger partial charge >= 0.3 is 5.51 Å². The van der Waals surface area contributed by atoms with E-state index < -0.39 is 5.51 Å². The summed E-state index contributed by atoms with van der Waals surface area (Å²) >= 11 is 1.13. The first kappa shape index (κ1) is 13.6. The summed E-state index contributed by atoms with van der Waals surface area (Å²) in [4.78, 5) is 4.15. The number of nitrogens with one attached hydrogen (secondary N) is 1. The number of alkyl halides is 3. The molecular weight excluding hydrogens is 259 g/mol. The molecule has 92 valence electrons. The lowest BCUT2D eigenvalue weighted by Gasteiger charge is -2.05. The molecule has 1 heterocycles. The maximum Gasteiger partial charge on any atom is 0.441 e. The predicted octanol–water partition coefficient (Wildman–Crippen LogP) is 3.33. The quantitative estimate of drug-likeness (QED) is 0.834. The van der Waals surface area contributed by atoms with Crippen molar-refractivity contribution >= 4 is 28.4 Å². The van der Waals surface area contributed by atoms with Gasteiger partial charge in [0, 0.05) is 29.7 Å². The highest BCUT2D eigenvalue weighted by Crippen LogP contribution is 2.29.